The molecule has 0 aliphatic heterocycles. The molecule has 0 fully saturated rings. The van der Waals surface area contributed by atoms with Gasteiger partial charge in [-0.25, -0.2) is 5.84 Å². The van der Waals surface area contributed by atoms with Crippen molar-refractivity contribution in [3.05, 3.63) is 0 Å². The molecule has 0 saturated heterocycles. The van der Waals surface area contributed by atoms with Crippen molar-refractivity contribution in [1.82, 2.24) is 10.3 Å². The number of aliphatic imine (C=N–C) groups is 1. The third kappa shape index (κ3) is 4.84. The van der Waals surface area contributed by atoms with E-state index in [1.807, 2.05) is 7.05 Å². The fourth-order valence-corrected chi connectivity index (χ4v) is 1.37. The normalized spacial score (nSPS) is 14.8. The molecule has 0 aliphatic rings. The summed E-state index contributed by atoms with van der Waals surface area (Å²) in [7, 11) is 2.03. The largest absolute Gasteiger partial charge is 0.342 e. The molecule has 0 spiro atoms. The molecule has 0 aromatic heterocycles. The number of hydrogen-bond donors (Lipinski definition) is 2. The van der Waals surface area contributed by atoms with E-state index in [0.29, 0.717) is 6.04 Å². The van der Waals surface area contributed by atoms with E-state index in [0.717, 1.165) is 25.3 Å². The van der Waals surface area contributed by atoms with Gasteiger partial charge in [-0.2, -0.15) is 0 Å². The summed E-state index contributed by atoms with van der Waals surface area (Å²) in [6.45, 7) is 11.8. The Hall–Kier alpha value is -0.770. The molecule has 0 rings (SSSR count). The van der Waals surface area contributed by atoms with Gasteiger partial charge in [0.1, 0.15) is 0 Å². The topological polar surface area (TPSA) is 53.6 Å². The Labute approximate surface area is 100 Å². The smallest absolute Gasteiger partial charge is 0.208 e. The van der Waals surface area contributed by atoms with Crippen LogP contribution in [0.4, 0.5) is 0 Å². The molecule has 0 aromatic rings. The van der Waals surface area contributed by atoms with Gasteiger partial charge in [-0.05, 0) is 18.8 Å². The van der Waals surface area contributed by atoms with E-state index in [4.69, 9.17) is 5.84 Å². The number of nitrogens with two attached hydrogens (primary N) is 1. The van der Waals surface area contributed by atoms with Gasteiger partial charge in [0.25, 0.3) is 0 Å². The zero-order valence-corrected chi connectivity index (χ0v) is 11.7. The maximum atomic E-state index is 5.51. The monoisotopic (exact) mass is 228 g/mol. The minimum Gasteiger partial charge on any atom is -0.342 e. The molecule has 1 unspecified atom stereocenters. The second-order valence-corrected chi connectivity index (χ2v) is 5.36. The summed E-state index contributed by atoms with van der Waals surface area (Å²) in [6.07, 6.45) is 2.25. The van der Waals surface area contributed by atoms with E-state index in [1.54, 1.807) is 0 Å². The Morgan fingerprint density at radius 3 is 2.38 bits per heavy atom. The Balaban J connectivity index is 4.52. The minimum absolute atomic E-state index is 0.205. The van der Waals surface area contributed by atoms with Crippen LogP contribution in [-0.2, 0) is 0 Å². The van der Waals surface area contributed by atoms with Crippen LogP contribution < -0.4 is 11.3 Å². The Morgan fingerprint density at radius 1 is 1.44 bits per heavy atom. The van der Waals surface area contributed by atoms with Gasteiger partial charge in [0, 0.05) is 19.6 Å². The SMILES string of the molecule is CCCCN=C(NN)N(C)C(C)C(C)(C)C. The highest BCUT2D eigenvalue weighted by Crippen LogP contribution is 2.22. The van der Waals surface area contributed by atoms with Gasteiger partial charge < -0.3 is 4.90 Å². The number of unbranched alkanes of at least 4 members (excludes halogenated alkanes) is 1. The molecule has 0 saturated carbocycles. The van der Waals surface area contributed by atoms with Gasteiger partial charge in [0.15, 0.2) is 0 Å². The van der Waals surface area contributed by atoms with Crippen LogP contribution in [0.25, 0.3) is 0 Å². The lowest BCUT2D eigenvalue weighted by Crippen LogP contribution is -2.50. The van der Waals surface area contributed by atoms with E-state index < -0.39 is 0 Å². The first-order valence-corrected chi connectivity index (χ1v) is 6.08. The molecule has 0 heterocycles. The third-order valence-electron chi connectivity index (χ3n) is 3.07. The Morgan fingerprint density at radius 2 is 2.00 bits per heavy atom. The number of nitrogens with zero attached hydrogens (tertiary/aromatic N) is 2. The molecule has 16 heavy (non-hydrogen) atoms. The lowest BCUT2D eigenvalue weighted by molar-refractivity contribution is 0.203. The number of rotatable bonds is 4. The molecule has 0 aromatic carbocycles. The Bertz CT molecular complexity index is 218. The predicted molar refractivity (Wildman–Crippen MR) is 71.2 cm³/mol. The van der Waals surface area contributed by atoms with Crippen molar-refractivity contribution in [2.45, 2.75) is 53.5 Å². The summed E-state index contributed by atoms with van der Waals surface area (Å²) in [5.41, 5.74) is 2.90. The van der Waals surface area contributed by atoms with Gasteiger partial charge >= 0.3 is 0 Å². The maximum Gasteiger partial charge on any atom is 0.208 e. The summed E-state index contributed by atoms with van der Waals surface area (Å²) >= 11 is 0. The average Bonchev–Trinajstić information content (AvgIpc) is 2.21. The van der Waals surface area contributed by atoms with E-state index in [-0.39, 0.29) is 5.41 Å². The van der Waals surface area contributed by atoms with E-state index in [9.17, 15) is 0 Å². The van der Waals surface area contributed by atoms with Crippen molar-refractivity contribution in [1.29, 1.82) is 0 Å². The Kier molecular flexibility index (Phi) is 6.41. The fourth-order valence-electron chi connectivity index (χ4n) is 1.37. The van der Waals surface area contributed by atoms with Crippen LogP contribution in [0.3, 0.4) is 0 Å². The van der Waals surface area contributed by atoms with Crippen LogP contribution in [0.2, 0.25) is 0 Å². The molecule has 96 valence electrons. The van der Waals surface area contributed by atoms with Crippen LogP contribution in [0, 0.1) is 5.41 Å². The highest BCUT2D eigenvalue weighted by Gasteiger charge is 2.25. The van der Waals surface area contributed by atoms with E-state index in [2.05, 4.69) is 49.9 Å². The number of hydrazine groups is 1. The summed E-state index contributed by atoms with van der Waals surface area (Å²) < 4.78 is 0. The summed E-state index contributed by atoms with van der Waals surface area (Å²) in [4.78, 5) is 6.58. The molecule has 0 amide bonds. The average molecular weight is 228 g/mol. The molecular formula is C12H28N4. The quantitative estimate of drug-likeness (QED) is 0.254. The summed E-state index contributed by atoms with van der Waals surface area (Å²) in [6, 6.07) is 0.379. The fraction of sp³-hybridized carbons (Fsp3) is 0.917. The van der Waals surface area contributed by atoms with Crippen LogP contribution >= 0.6 is 0 Å². The standard InChI is InChI=1S/C12H28N4/c1-7-8-9-14-11(15-13)16(6)10(2)12(3,4)5/h10H,7-9,13H2,1-6H3,(H,14,15). The molecule has 0 bridgehead atoms. The number of hydrogen-bond acceptors (Lipinski definition) is 2. The third-order valence-corrected chi connectivity index (χ3v) is 3.07. The second-order valence-electron chi connectivity index (χ2n) is 5.36. The van der Waals surface area contributed by atoms with Gasteiger partial charge in [0.2, 0.25) is 5.96 Å². The molecular weight excluding hydrogens is 200 g/mol. The second kappa shape index (κ2) is 6.74. The zero-order valence-electron chi connectivity index (χ0n) is 11.7. The molecule has 0 radical (unpaired) electrons. The molecule has 3 N–H and O–H groups in total. The number of nitrogens with one attached hydrogen (secondary N) is 1. The van der Waals surface area contributed by atoms with Crippen molar-refractivity contribution < 1.29 is 0 Å². The first kappa shape index (κ1) is 15.2. The lowest BCUT2D eigenvalue weighted by atomic mass is 9.87. The maximum absolute atomic E-state index is 5.51. The molecule has 1 atom stereocenters. The van der Waals surface area contributed by atoms with Crippen molar-refractivity contribution >= 4 is 5.96 Å². The van der Waals surface area contributed by atoms with Crippen molar-refractivity contribution in [3.8, 4) is 0 Å². The van der Waals surface area contributed by atoms with Gasteiger partial charge in [-0.15, -0.1) is 0 Å². The van der Waals surface area contributed by atoms with Crippen LogP contribution in [-0.4, -0.2) is 30.5 Å². The van der Waals surface area contributed by atoms with Crippen LogP contribution in [0.15, 0.2) is 4.99 Å². The van der Waals surface area contributed by atoms with E-state index in [1.165, 1.54) is 0 Å². The van der Waals surface area contributed by atoms with Gasteiger partial charge in [-0.1, -0.05) is 34.1 Å². The highest BCUT2D eigenvalue weighted by molar-refractivity contribution is 5.79. The molecule has 0 aliphatic carbocycles. The van der Waals surface area contributed by atoms with Crippen LogP contribution in [0.1, 0.15) is 47.5 Å². The van der Waals surface area contributed by atoms with Crippen molar-refractivity contribution in [2.75, 3.05) is 13.6 Å². The first-order valence-electron chi connectivity index (χ1n) is 6.08. The predicted octanol–water partition coefficient (Wildman–Crippen LogP) is 1.97. The van der Waals surface area contributed by atoms with Crippen LogP contribution in [0.5, 0.6) is 0 Å². The van der Waals surface area contributed by atoms with E-state index >= 15 is 0 Å². The van der Waals surface area contributed by atoms with Crippen molar-refractivity contribution in [2.24, 2.45) is 16.3 Å². The van der Waals surface area contributed by atoms with Gasteiger partial charge in [0.05, 0.1) is 0 Å². The minimum atomic E-state index is 0.205. The summed E-state index contributed by atoms with van der Waals surface area (Å²) in [5.74, 6) is 6.29. The van der Waals surface area contributed by atoms with Gasteiger partial charge in [-0.3, -0.25) is 10.4 Å². The zero-order chi connectivity index (χ0) is 12.8. The molecule has 4 nitrogen and oxygen atoms in total. The summed E-state index contributed by atoms with van der Waals surface area (Å²) in [5, 5.41) is 0. The number of guanidine groups is 1. The lowest BCUT2D eigenvalue weighted by Gasteiger charge is -2.36. The van der Waals surface area contributed by atoms with Crippen molar-refractivity contribution in [3.63, 3.8) is 0 Å². The first-order chi connectivity index (χ1) is 7.34. The highest BCUT2D eigenvalue weighted by atomic mass is 15.4. The molecule has 4 heteroatoms.